The summed E-state index contributed by atoms with van der Waals surface area (Å²) < 4.78 is 6.86. The van der Waals surface area contributed by atoms with Gasteiger partial charge in [0.05, 0.1) is 25.4 Å². The van der Waals surface area contributed by atoms with E-state index in [2.05, 4.69) is 20.6 Å². The summed E-state index contributed by atoms with van der Waals surface area (Å²) in [5.74, 6) is 0.353. The number of aromatic amines is 2. The average Bonchev–Trinajstić information content (AvgIpc) is 3.12. The van der Waals surface area contributed by atoms with Crippen LogP contribution in [0, 0.1) is 0 Å². The van der Waals surface area contributed by atoms with Crippen molar-refractivity contribution in [3.63, 3.8) is 0 Å². The van der Waals surface area contributed by atoms with E-state index in [9.17, 15) is 14.4 Å². The molecule has 134 valence electrons. The van der Waals surface area contributed by atoms with Crippen LogP contribution in [0.4, 0.5) is 0 Å². The molecule has 26 heavy (non-hydrogen) atoms. The average molecular weight is 355 g/mol. The molecule has 2 heterocycles. The lowest BCUT2D eigenvalue weighted by molar-refractivity contribution is -0.120. The molecule has 0 aliphatic heterocycles. The number of H-pyrrole nitrogens is 2. The number of aromatic nitrogens is 4. The quantitative estimate of drug-likeness (QED) is 0.580. The first-order valence-electron chi connectivity index (χ1n) is 7.81. The van der Waals surface area contributed by atoms with E-state index < -0.39 is 11.1 Å². The fourth-order valence-electron chi connectivity index (χ4n) is 2.37. The number of amides is 1. The van der Waals surface area contributed by atoms with E-state index in [-0.39, 0.29) is 24.4 Å². The standard InChI is InChI=1S/C17H17N5O4/c1-26-14-4-2-3-13(7-14)22-10-11(9-19-22)8-18-15(23)5-12-6-16(24)20-21-17(12)25/h2-4,6-7,9-10H,5,8H2,1H3,(H,18,23)(H,20,24)(H,21,25). The van der Waals surface area contributed by atoms with Crippen molar-refractivity contribution in [1.82, 2.24) is 25.3 Å². The van der Waals surface area contributed by atoms with Crippen LogP contribution >= 0.6 is 0 Å². The maximum Gasteiger partial charge on any atom is 0.266 e. The Morgan fingerprint density at radius 1 is 1.27 bits per heavy atom. The molecule has 2 aromatic heterocycles. The number of nitrogens with one attached hydrogen (secondary N) is 3. The van der Waals surface area contributed by atoms with Crippen LogP contribution in [0.5, 0.6) is 5.75 Å². The molecule has 0 saturated carbocycles. The van der Waals surface area contributed by atoms with Gasteiger partial charge in [0.15, 0.2) is 0 Å². The molecule has 0 unspecified atom stereocenters. The SMILES string of the molecule is COc1cccc(-n2cc(CNC(=O)Cc3cc(=O)[nH][nH]c3=O)cn2)c1. The molecule has 0 bridgehead atoms. The minimum absolute atomic E-state index is 0.110. The van der Waals surface area contributed by atoms with E-state index in [4.69, 9.17) is 4.74 Å². The molecule has 9 nitrogen and oxygen atoms in total. The Bertz CT molecular complexity index is 1030. The molecular weight excluding hydrogens is 338 g/mol. The predicted molar refractivity (Wildman–Crippen MR) is 93.4 cm³/mol. The molecular formula is C17H17N5O4. The Labute approximate surface area is 147 Å². The molecule has 0 aliphatic carbocycles. The highest BCUT2D eigenvalue weighted by molar-refractivity contribution is 5.78. The van der Waals surface area contributed by atoms with Gasteiger partial charge in [-0.05, 0) is 12.1 Å². The predicted octanol–water partition coefficient (Wildman–Crippen LogP) is 0.116. The van der Waals surface area contributed by atoms with Crippen LogP contribution < -0.4 is 21.2 Å². The molecule has 0 fully saturated rings. The van der Waals surface area contributed by atoms with Gasteiger partial charge >= 0.3 is 0 Å². The topological polar surface area (TPSA) is 122 Å². The number of hydrogen-bond acceptors (Lipinski definition) is 5. The Morgan fingerprint density at radius 2 is 2.12 bits per heavy atom. The Balaban J connectivity index is 1.62. The van der Waals surface area contributed by atoms with E-state index in [1.807, 2.05) is 24.3 Å². The van der Waals surface area contributed by atoms with Crippen molar-refractivity contribution in [3.8, 4) is 11.4 Å². The third-order valence-electron chi connectivity index (χ3n) is 3.69. The number of carbonyl (C=O) groups excluding carboxylic acids is 1. The molecule has 0 atom stereocenters. The number of ether oxygens (including phenoxy) is 1. The van der Waals surface area contributed by atoms with Gasteiger partial charge in [-0.2, -0.15) is 5.10 Å². The molecule has 1 amide bonds. The Kier molecular flexibility index (Phi) is 4.97. The zero-order valence-electron chi connectivity index (χ0n) is 14.0. The van der Waals surface area contributed by atoms with E-state index in [0.29, 0.717) is 0 Å². The first kappa shape index (κ1) is 17.2. The van der Waals surface area contributed by atoms with E-state index in [0.717, 1.165) is 23.1 Å². The second-order valence-electron chi connectivity index (χ2n) is 5.56. The lowest BCUT2D eigenvalue weighted by atomic mass is 10.2. The van der Waals surface area contributed by atoms with Gasteiger partial charge in [-0.1, -0.05) is 6.07 Å². The Hall–Kier alpha value is -3.62. The number of hydrogen-bond donors (Lipinski definition) is 3. The van der Waals surface area contributed by atoms with Gasteiger partial charge in [-0.25, -0.2) is 4.68 Å². The summed E-state index contributed by atoms with van der Waals surface area (Å²) in [6.07, 6.45) is 3.25. The molecule has 9 heteroatoms. The summed E-state index contributed by atoms with van der Waals surface area (Å²) in [5, 5.41) is 11.3. The monoisotopic (exact) mass is 355 g/mol. The van der Waals surface area contributed by atoms with Crippen LogP contribution in [0.25, 0.3) is 5.69 Å². The fourth-order valence-corrected chi connectivity index (χ4v) is 2.37. The Morgan fingerprint density at radius 3 is 2.92 bits per heavy atom. The highest BCUT2D eigenvalue weighted by Crippen LogP contribution is 2.16. The summed E-state index contributed by atoms with van der Waals surface area (Å²) in [4.78, 5) is 34.8. The molecule has 3 rings (SSSR count). The van der Waals surface area contributed by atoms with Gasteiger partial charge in [0.25, 0.3) is 11.1 Å². The van der Waals surface area contributed by atoms with Crippen molar-refractivity contribution in [2.24, 2.45) is 0 Å². The lowest BCUT2D eigenvalue weighted by Gasteiger charge is -2.04. The molecule has 3 aromatic rings. The zero-order valence-corrected chi connectivity index (χ0v) is 14.0. The van der Waals surface area contributed by atoms with Crippen molar-refractivity contribution < 1.29 is 9.53 Å². The summed E-state index contributed by atoms with van der Waals surface area (Å²) in [5.41, 5.74) is 0.772. The highest BCUT2D eigenvalue weighted by Gasteiger charge is 2.09. The van der Waals surface area contributed by atoms with E-state index in [1.165, 1.54) is 0 Å². The van der Waals surface area contributed by atoms with Gasteiger partial charge in [0.2, 0.25) is 5.91 Å². The molecule has 3 N–H and O–H groups in total. The van der Waals surface area contributed by atoms with Crippen molar-refractivity contribution >= 4 is 5.91 Å². The third kappa shape index (κ3) is 4.07. The second kappa shape index (κ2) is 7.51. The maximum absolute atomic E-state index is 12.0. The van der Waals surface area contributed by atoms with Crippen molar-refractivity contribution in [2.45, 2.75) is 13.0 Å². The number of carbonyl (C=O) groups is 1. The number of benzene rings is 1. The van der Waals surface area contributed by atoms with Crippen LogP contribution in [-0.2, 0) is 17.8 Å². The largest absolute Gasteiger partial charge is 0.497 e. The van der Waals surface area contributed by atoms with Crippen molar-refractivity contribution in [2.75, 3.05) is 7.11 Å². The van der Waals surface area contributed by atoms with Crippen molar-refractivity contribution in [3.05, 3.63) is 74.6 Å². The summed E-state index contributed by atoms with van der Waals surface area (Å²) in [6, 6.07) is 8.53. The normalized spacial score (nSPS) is 10.5. The van der Waals surface area contributed by atoms with Gasteiger partial charge in [0, 0.05) is 36.0 Å². The fraction of sp³-hybridized carbons (Fsp3) is 0.176. The first-order valence-corrected chi connectivity index (χ1v) is 7.81. The molecule has 0 radical (unpaired) electrons. The van der Waals surface area contributed by atoms with Crippen LogP contribution in [-0.4, -0.2) is 33.0 Å². The zero-order chi connectivity index (χ0) is 18.5. The molecule has 0 spiro atoms. The summed E-state index contributed by atoms with van der Waals surface area (Å²) >= 11 is 0. The van der Waals surface area contributed by atoms with Gasteiger partial charge in [-0.3, -0.25) is 24.6 Å². The summed E-state index contributed by atoms with van der Waals surface area (Å²) in [6.45, 7) is 0.254. The van der Waals surface area contributed by atoms with E-state index in [1.54, 1.807) is 24.2 Å². The lowest BCUT2D eigenvalue weighted by Crippen LogP contribution is -2.29. The molecule has 0 aliphatic rings. The van der Waals surface area contributed by atoms with Crippen molar-refractivity contribution in [1.29, 1.82) is 0 Å². The van der Waals surface area contributed by atoms with Crippen LogP contribution in [0.1, 0.15) is 11.1 Å². The second-order valence-corrected chi connectivity index (χ2v) is 5.56. The van der Waals surface area contributed by atoms with Crippen LogP contribution in [0.2, 0.25) is 0 Å². The third-order valence-corrected chi connectivity index (χ3v) is 3.69. The van der Waals surface area contributed by atoms with Crippen LogP contribution in [0.3, 0.4) is 0 Å². The van der Waals surface area contributed by atoms with Gasteiger partial charge in [-0.15, -0.1) is 0 Å². The first-order chi connectivity index (χ1) is 12.5. The van der Waals surface area contributed by atoms with Gasteiger partial charge in [0.1, 0.15) is 5.75 Å². The van der Waals surface area contributed by atoms with Crippen LogP contribution in [0.15, 0.2) is 52.3 Å². The van der Waals surface area contributed by atoms with Gasteiger partial charge < -0.3 is 10.1 Å². The number of nitrogens with zero attached hydrogens (tertiary/aromatic N) is 2. The summed E-state index contributed by atoms with van der Waals surface area (Å²) in [7, 11) is 1.59. The smallest absolute Gasteiger partial charge is 0.266 e. The molecule has 0 saturated heterocycles. The highest BCUT2D eigenvalue weighted by atomic mass is 16.5. The molecule has 1 aromatic carbocycles. The number of rotatable bonds is 6. The number of methoxy groups -OCH3 is 1. The minimum atomic E-state index is -0.495. The minimum Gasteiger partial charge on any atom is -0.497 e. The maximum atomic E-state index is 12.0. The van der Waals surface area contributed by atoms with E-state index >= 15 is 0 Å².